The van der Waals surface area contributed by atoms with E-state index in [9.17, 15) is 9.90 Å². The number of fused-ring (bicyclic) bond motifs is 1. The van der Waals surface area contributed by atoms with E-state index < -0.39 is 5.97 Å². The van der Waals surface area contributed by atoms with E-state index in [-0.39, 0.29) is 11.3 Å². The molecule has 0 bridgehead atoms. The Morgan fingerprint density at radius 3 is 2.75 bits per heavy atom. The van der Waals surface area contributed by atoms with Crippen LogP contribution >= 0.6 is 11.8 Å². The highest BCUT2D eigenvalue weighted by Crippen LogP contribution is 2.40. The molecule has 5 nitrogen and oxygen atoms in total. The Morgan fingerprint density at radius 2 is 1.96 bits per heavy atom. The van der Waals surface area contributed by atoms with Gasteiger partial charge in [0.25, 0.3) is 0 Å². The van der Waals surface area contributed by atoms with Gasteiger partial charge in [0, 0.05) is 17.8 Å². The van der Waals surface area contributed by atoms with E-state index in [2.05, 4.69) is 9.98 Å². The number of methoxy groups -OCH3 is 1. The maximum absolute atomic E-state index is 12.3. The number of pyridine rings is 1. The highest BCUT2D eigenvalue weighted by molar-refractivity contribution is 8.18. The summed E-state index contributed by atoms with van der Waals surface area (Å²) < 4.78 is 4.87. The summed E-state index contributed by atoms with van der Waals surface area (Å²) in [5.74, 6) is -0.765. The molecule has 28 heavy (non-hydrogen) atoms. The fraction of sp³-hybridized carbons (Fsp3) is 0.0455. The minimum absolute atomic E-state index is 0.0653. The number of aliphatic hydroxyl groups excluding tert-OH is 1. The average molecular weight is 388 g/mol. The number of rotatable bonds is 3. The standard InChI is InChI=1S/C22H16N2O3S/c1-27-22(26)19-20(25)18(12-14-6-5-11-23-13-14)28-21(19)24-17-10-4-8-15-7-2-3-9-16(15)17/h2-13,25H,1H3. The molecule has 0 atom stereocenters. The first-order chi connectivity index (χ1) is 13.7. The first kappa shape index (κ1) is 18.0. The van der Waals surface area contributed by atoms with Crippen LogP contribution in [0.25, 0.3) is 16.8 Å². The summed E-state index contributed by atoms with van der Waals surface area (Å²) in [6, 6.07) is 17.3. The predicted octanol–water partition coefficient (Wildman–Crippen LogP) is 5.04. The van der Waals surface area contributed by atoms with Crippen LogP contribution in [0.15, 0.2) is 88.2 Å². The van der Waals surface area contributed by atoms with Crippen LogP contribution in [0.3, 0.4) is 0 Å². The molecule has 0 radical (unpaired) electrons. The predicted molar refractivity (Wildman–Crippen MR) is 113 cm³/mol. The number of aliphatic hydroxyl groups is 1. The number of ether oxygens (including phenoxy) is 1. The van der Waals surface area contributed by atoms with Crippen LogP contribution in [0.5, 0.6) is 0 Å². The minimum Gasteiger partial charge on any atom is -0.506 e. The molecule has 2 aromatic carbocycles. The molecule has 0 unspecified atom stereocenters. The van der Waals surface area contributed by atoms with Gasteiger partial charge < -0.3 is 9.84 Å². The van der Waals surface area contributed by atoms with E-state index in [1.807, 2.05) is 48.5 Å². The molecule has 1 aliphatic heterocycles. The molecule has 2 heterocycles. The van der Waals surface area contributed by atoms with Gasteiger partial charge in [-0.15, -0.1) is 0 Å². The maximum Gasteiger partial charge on any atom is 0.344 e. The quantitative estimate of drug-likeness (QED) is 0.637. The van der Waals surface area contributed by atoms with Gasteiger partial charge >= 0.3 is 5.97 Å². The van der Waals surface area contributed by atoms with E-state index in [1.54, 1.807) is 24.5 Å². The molecular formula is C22H16N2O3S. The van der Waals surface area contributed by atoms with Crippen molar-refractivity contribution in [2.45, 2.75) is 0 Å². The van der Waals surface area contributed by atoms with E-state index in [1.165, 1.54) is 18.9 Å². The van der Waals surface area contributed by atoms with E-state index in [4.69, 9.17) is 4.74 Å². The lowest BCUT2D eigenvalue weighted by atomic mass is 10.1. The number of nitrogens with zero attached hydrogens (tertiary/aromatic N) is 2. The lowest BCUT2D eigenvalue weighted by Crippen LogP contribution is -2.10. The van der Waals surface area contributed by atoms with Gasteiger partial charge in [-0.2, -0.15) is 0 Å². The van der Waals surface area contributed by atoms with E-state index in [0.717, 1.165) is 22.0 Å². The topological polar surface area (TPSA) is 71.8 Å². The molecule has 3 aromatic rings. The van der Waals surface area contributed by atoms with Crippen LogP contribution in [0.2, 0.25) is 0 Å². The van der Waals surface area contributed by atoms with Crippen molar-refractivity contribution in [1.29, 1.82) is 0 Å². The monoisotopic (exact) mass is 388 g/mol. The van der Waals surface area contributed by atoms with Gasteiger partial charge in [-0.25, -0.2) is 9.79 Å². The highest BCUT2D eigenvalue weighted by atomic mass is 32.2. The first-order valence-electron chi connectivity index (χ1n) is 8.55. The number of hydrogen-bond acceptors (Lipinski definition) is 6. The summed E-state index contributed by atoms with van der Waals surface area (Å²) in [6.45, 7) is 0. The zero-order valence-corrected chi connectivity index (χ0v) is 15.8. The summed E-state index contributed by atoms with van der Waals surface area (Å²) in [5, 5.41) is 13.1. The third kappa shape index (κ3) is 3.42. The molecule has 0 spiro atoms. The number of carbonyl (C=O) groups is 1. The van der Waals surface area contributed by atoms with Crippen molar-refractivity contribution in [3.63, 3.8) is 0 Å². The van der Waals surface area contributed by atoms with Gasteiger partial charge in [-0.05, 0) is 29.2 Å². The van der Waals surface area contributed by atoms with Gasteiger partial charge in [0.2, 0.25) is 0 Å². The molecule has 1 N–H and O–H groups in total. The molecule has 1 aromatic heterocycles. The Hall–Kier alpha value is -3.38. The maximum atomic E-state index is 12.3. The van der Waals surface area contributed by atoms with Crippen molar-refractivity contribution in [1.82, 2.24) is 4.98 Å². The van der Waals surface area contributed by atoms with Crippen molar-refractivity contribution in [3.05, 3.63) is 88.8 Å². The minimum atomic E-state index is -0.626. The first-order valence-corrected chi connectivity index (χ1v) is 9.37. The third-order valence-corrected chi connectivity index (χ3v) is 5.27. The summed E-state index contributed by atoms with van der Waals surface area (Å²) in [5.41, 5.74) is 1.60. The van der Waals surface area contributed by atoms with Crippen molar-refractivity contribution >= 4 is 45.3 Å². The molecule has 0 saturated carbocycles. The van der Waals surface area contributed by atoms with Crippen LogP contribution in [-0.2, 0) is 9.53 Å². The Morgan fingerprint density at radius 1 is 1.14 bits per heavy atom. The molecule has 6 heteroatoms. The van der Waals surface area contributed by atoms with E-state index >= 15 is 0 Å². The van der Waals surface area contributed by atoms with Crippen molar-refractivity contribution in [3.8, 4) is 0 Å². The van der Waals surface area contributed by atoms with Gasteiger partial charge in [0.05, 0.1) is 17.7 Å². The van der Waals surface area contributed by atoms with Crippen molar-refractivity contribution < 1.29 is 14.6 Å². The number of esters is 1. The van der Waals surface area contributed by atoms with Crippen molar-refractivity contribution in [2.24, 2.45) is 4.99 Å². The molecule has 0 fully saturated rings. The highest BCUT2D eigenvalue weighted by Gasteiger charge is 2.33. The van der Waals surface area contributed by atoms with Gasteiger partial charge in [0.1, 0.15) is 16.4 Å². The number of hydrogen-bond donors (Lipinski definition) is 1. The Labute approximate surface area is 166 Å². The molecule has 1 aliphatic rings. The van der Waals surface area contributed by atoms with Gasteiger partial charge in [-0.1, -0.05) is 54.2 Å². The summed E-state index contributed by atoms with van der Waals surface area (Å²) in [4.78, 5) is 21.6. The number of aliphatic imine (C=N–C) groups is 1. The van der Waals surface area contributed by atoms with Crippen LogP contribution in [-0.4, -0.2) is 28.2 Å². The van der Waals surface area contributed by atoms with E-state index in [0.29, 0.717) is 9.95 Å². The smallest absolute Gasteiger partial charge is 0.344 e. The molecule has 0 aliphatic carbocycles. The SMILES string of the molecule is COC(=O)C1=C(O)C(=Cc2cccnc2)SC1=Nc1cccc2ccccc12. The molecule has 0 saturated heterocycles. The Kier molecular flexibility index (Phi) is 4.95. The van der Waals surface area contributed by atoms with Gasteiger partial charge in [0.15, 0.2) is 0 Å². The fourth-order valence-electron chi connectivity index (χ4n) is 2.92. The molecule has 4 rings (SSSR count). The summed E-state index contributed by atoms with van der Waals surface area (Å²) in [6.07, 6.45) is 5.12. The lowest BCUT2D eigenvalue weighted by molar-refractivity contribution is -0.135. The second-order valence-corrected chi connectivity index (χ2v) is 7.06. The number of thioether (sulfide) groups is 1. The molecule has 0 amide bonds. The Balaban J connectivity index is 1.83. The average Bonchev–Trinajstić information content (AvgIpc) is 3.03. The number of aromatic nitrogens is 1. The number of benzene rings is 2. The largest absolute Gasteiger partial charge is 0.506 e. The number of carbonyl (C=O) groups excluding carboxylic acids is 1. The second kappa shape index (κ2) is 7.70. The molecular weight excluding hydrogens is 372 g/mol. The van der Waals surface area contributed by atoms with Crippen molar-refractivity contribution in [2.75, 3.05) is 7.11 Å². The second-order valence-electron chi connectivity index (χ2n) is 6.03. The fourth-order valence-corrected chi connectivity index (χ4v) is 3.95. The molecule has 138 valence electrons. The van der Waals surface area contributed by atoms with Crippen LogP contribution in [0, 0.1) is 0 Å². The van der Waals surface area contributed by atoms with Gasteiger partial charge in [-0.3, -0.25) is 4.98 Å². The Bertz CT molecular complexity index is 1150. The van der Waals surface area contributed by atoms with Crippen LogP contribution < -0.4 is 0 Å². The summed E-state index contributed by atoms with van der Waals surface area (Å²) >= 11 is 1.23. The normalized spacial score (nSPS) is 16.9. The zero-order valence-electron chi connectivity index (χ0n) is 15.0. The summed E-state index contributed by atoms with van der Waals surface area (Å²) in [7, 11) is 1.28. The zero-order chi connectivity index (χ0) is 19.5. The van der Waals surface area contributed by atoms with Crippen LogP contribution in [0.4, 0.5) is 5.69 Å². The van der Waals surface area contributed by atoms with Crippen LogP contribution in [0.1, 0.15) is 5.56 Å². The lowest BCUT2D eigenvalue weighted by Gasteiger charge is -2.05. The third-order valence-electron chi connectivity index (χ3n) is 4.25.